The third-order valence-corrected chi connectivity index (χ3v) is 4.78. The van der Waals surface area contributed by atoms with Crippen molar-refractivity contribution in [1.82, 2.24) is 14.3 Å². The Morgan fingerprint density at radius 2 is 2.16 bits per heavy atom. The Morgan fingerprint density at radius 1 is 1.47 bits per heavy atom. The van der Waals surface area contributed by atoms with Crippen molar-refractivity contribution in [3.8, 4) is 0 Å². The molecule has 1 aliphatic carbocycles. The van der Waals surface area contributed by atoms with Gasteiger partial charge in [0.2, 0.25) is 10.0 Å². The van der Waals surface area contributed by atoms with E-state index in [9.17, 15) is 13.2 Å². The first kappa shape index (κ1) is 14.0. The molecule has 0 aliphatic heterocycles. The fraction of sp³-hybridized carbons (Fsp3) is 0.636. The lowest BCUT2D eigenvalue weighted by Crippen LogP contribution is -2.28. The van der Waals surface area contributed by atoms with Gasteiger partial charge in [0.05, 0.1) is 5.75 Å². The monoisotopic (exact) mass is 286 g/mol. The van der Waals surface area contributed by atoms with Crippen LogP contribution in [0.4, 0.5) is 5.82 Å². The number of anilines is 1. The van der Waals surface area contributed by atoms with E-state index in [1.54, 1.807) is 0 Å². The second kappa shape index (κ2) is 5.30. The smallest absolute Gasteiger partial charge is 0.252 e. The molecule has 1 aromatic rings. The highest BCUT2D eigenvalue weighted by molar-refractivity contribution is 7.89. The molecule has 106 valence electrons. The van der Waals surface area contributed by atoms with Gasteiger partial charge in [0, 0.05) is 32.6 Å². The Hall–Kier alpha value is -1.41. The minimum absolute atomic E-state index is 0.0345. The molecule has 1 aliphatic rings. The Bertz CT molecular complexity index is 605. The van der Waals surface area contributed by atoms with Gasteiger partial charge in [0.25, 0.3) is 5.56 Å². The quantitative estimate of drug-likeness (QED) is 0.764. The zero-order valence-corrected chi connectivity index (χ0v) is 11.8. The first-order valence-corrected chi connectivity index (χ1v) is 7.75. The van der Waals surface area contributed by atoms with Crippen molar-refractivity contribution in [2.75, 3.05) is 31.7 Å². The van der Waals surface area contributed by atoms with Crippen LogP contribution in [-0.4, -0.2) is 49.1 Å². The van der Waals surface area contributed by atoms with Crippen LogP contribution in [0.15, 0.2) is 10.9 Å². The van der Waals surface area contributed by atoms with Crippen LogP contribution in [0.2, 0.25) is 0 Å². The molecule has 2 N–H and O–H groups in total. The molecule has 2 rings (SSSR count). The minimum Gasteiger partial charge on any atom is -0.369 e. The summed E-state index contributed by atoms with van der Waals surface area (Å²) in [5.41, 5.74) is -0.213. The van der Waals surface area contributed by atoms with E-state index in [1.807, 2.05) is 0 Å². The van der Waals surface area contributed by atoms with Gasteiger partial charge in [0.15, 0.2) is 0 Å². The molecule has 8 heteroatoms. The van der Waals surface area contributed by atoms with Gasteiger partial charge < -0.3 is 10.3 Å². The number of aromatic amines is 1. The molecular weight excluding hydrogens is 268 g/mol. The second-order valence-electron chi connectivity index (χ2n) is 4.82. The first-order valence-electron chi connectivity index (χ1n) is 6.14. The summed E-state index contributed by atoms with van der Waals surface area (Å²) >= 11 is 0. The van der Waals surface area contributed by atoms with Crippen LogP contribution in [0.5, 0.6) is 0 Å². The lowest BCUT2D eigenvalue weighted by atomic mass is 10.4. The molecule has 0 saturated heterocycles. The highest BCUT2D eigenvalue weighted by atomic mass is 32.2. The molecule has 0 amide bonds. The average molecular weight is 286 g/mol. The number of nitrogens with one attached hydrogen (secondary N) is 2. The third kappa shape index (κ3) is 3.77. The summed E-state index contributed by atoms with van der Waals surface area (Å²) in [6.45, 7) is 0.223. The van der Waals surface area contributed by atoms with Gasteiger partial charge in [-0.2, -0.15) is 0 Å². The lowest BCUT2D eigenvalue weighted by Gasteiger charge is -2.12. The van der Waals surface area contributed by atoms with Gasteiger partial charge in [-0.25, -0.2) is 17.7 Å². The molecule has 1 heterocycles. The molecule has 0 bridgehead atoms. The van der Waals surface area contributed by atoms with E-state index < -0.39 is 10.0 Å². The van der Waals surface area contributed by atoms with E-state index in [0.717, 1.165) is 12.8 Å². The normalized spacial score (nSPS) is 15.7. The fourth-order valence-corrected chi connectivity index (χ4v) is 2.33. The maximum Gasteiger partial charge on any atom is 0.252 e. The maximum atomic E-state index is 11.6. The fourth-order valence-electron chi connectivity index (χ4n) is 1.61. The second-order valence-corrected chi connectivity index (χ2v) is 7.12. The Kier molecular flexibility index (Phi) is 3.91. The van der Waals surface area contributed by atoms with Crippen molar-refractivity contribution in [3.63, 3.8) is 0 Å². The van der Waals surface area contributed by atoms with Gasteiger partial charge in [0.1, 0.15) is 11.6 Å². The summed E-state index contributed by atoms with van der Waals surface area (Å²) in [5, 5.41) is 2.88. The average Bonchev–Trinajstić information content (AvgIpc) is 3.11. The van der Waals surface area contributed by atoms with Crippen LogP contribution < -0.4 is 10.9 Å². The van der Waals surface area contributed by atoms with Crippen molar-refractivity contribution in [3.05, 3.63) is 22.2 Å². The van der Waals surface area contributed by atoms with Crippen molar-refractivity contribution < 1.29 is 8.42 Å². The standard InChI is InChI=1S/C11H18N4O3S/c1-15(2)19(17,18)6-5-12-9-7-10(16)14-11(13-9)8-3-4-8/h7-8H,3-6H2,1-2H3,(H2,12,13,14,16). The first-order chi connectivity index (χ1) is 8.88. The highest BCUT2D eigenvalue weighted by Crippen LogP contribution is 2.37. The minimum atomic E-state index is -3.24. The van der Waals surface area contributed by atoms with Crippen molar-refractivity contribution in [2.45, 2.75) is 18.8 Å². The predicted molar refractivity (Wildman–Crippen MR) is 72.8 cm³/mol. The summed E-state index contributed by atoms with van der Waals surface area (Å²) in [6.07, 6.45) is 2.09. The van der Waals surface area contributed by atoms with Crippen LogP contribution in [-0.2, 0) is 10.0 Å². The topological polar surface area (TPSA) is 95.2 Å². The van der Waals surface area contributed by atoms with E-state index in [4.69, 9.17) is 0 Å². The summed E-state index contributed by atoms with van der Waals surface area (Å²) in [7, 11) is -0.251. The largest absolute Gasteiger partial charge is 0.369 e. The van der Waals surface area contributed by atoms with Crippen LogP contribution in [0.25, 0.3) is 0 Å². The van der Waals surface area contributed by atoms with Crippen molar-refractivity contribution in [2.24, 2.45) is 0 Å². The molecule has 0 radical (unpaired) electrons. The van der Waals surface area contributed by atoms with E-state index in [1.165, 1.54) is 24.5 Å². The van der Waals surface area contributed by atoms with E-state index in [0.29, 0.717) is 17.6 Å². The highest BCUT2D eigenvalue weighted by Gasteiger charge is 2.26. The lowest BCUT2D eigenvalue weighted by molar-refractivity contribution is 0.521. The SMILES string of the molecule is CN(C)S(=O)(=O)CCNc1cc(=O)[nH]c(C2CC2)n1. The molecule has 19 heavy (non-hydrogen) atoms. The zero-order chi connectivity index (χ0) is 14.0. The molecule has 1 fully saturated rings. The van der Waals surface area contributed by atoms with E-state index in [2.05, 4.69) is 15.3 Å². The van der Waals surface area contributed by atoms with E-state index >= 15 is 0 Å². The molecule has 7 nitrogen and oxygen atoms in total. The Morgan fingerprint density at radius 3 is 2.74 bits per heavy atom. The van der Waals surface area contributed by atoms with Crippen molar-refractivity contribution >= 4 is 15.8 Å². The zero-order valence-electron chi connectivity index (χ0n) is 11.0. The molecule has 1 aromatic heterocycles. The number of hydrogen-bond donors (Lipinski definition) is 2. The number of rotatable bonds is 6. The van der Waals surface area contributed by atoms with Crippen LogP contribution in [0.1, 0.15) is 24.6 Å². The Labute approximate surface area is 112 Å². The van der Waals surface area contributed by atoms with Gasteiger partial charge >= 0.3 is 0 Å². The summed E-state index contributed by atoms with van der Waals surface area (Å²) in [6, 6.07) is 1.34. The number of sulfonamides is 1. The van der Waals surface area contributed by atoms with Gasteiger partial charge in [-0.05, 0) is 12.8 Å². The molecule has 0 atom stereocenters. The summed E-state index contributed by atoms with van der Waals surface area (Å²) in [5.74, 6) is 1.43. The number of nitrogens with zero attached hydrogens (tertiary/aromatic N) is 2. The summed E-state index contributed by atoms with van der Waals surface area (Å²) in [4.78, 5) is 18.4. The predicted octanol–water partition coefficient (Wildman–Crippen LogP) is -0.0494. The number of hydrogen-bond acceptors (Lipinski definition) is 5. The molecule has 0 aromatic carbocycles. The Balaban J connectivity index is 1.98. The number of H-pyrrole nitrogens is 1. The third-order valence-electron chi connectivity index (χ3n) is 2.95. The molecule has 1 saturated carbocycles. The van der Waals surface area contributed by atoms with Gasteiger partial charge in [-0.15, -0.1) is 0 Å². The van der Waals surface area contributed by atoms with Crippen LogP contribution in [0.3, 0.4) is 0 Å². The number of aromatic nitrogens is 2. The molecule has 0 unspecified atom stereocenters. The summed E-state index contributed by atoms with van der Waals surface area (Å²) < 4.78 is 24.3. The molecular formula is C11H18N4O3S. The van der Waals surface area contributed by atoms with Crippen LogP contribution in [0, 0.1) is 0 Å². The van der Waals surface area contributed by atoms with Crippen molar-refractivity contribution in [1.29, 1.82) is 0 Å². The van der Waals surface area contributed by atoms with Crippen LogP contribution >= 0.6 is 0 Å². The maximum absolute atomic E-state index is 11.6. The molecule has 0 spiro atoms. The van der Waals surface area contributed by atoms with Gasteiger partial charge in [-0.1, -0.05) is 0 Å². The van der Waals surface area contributed by atoms with Gasteiger partial charge in [-0.3, -0.25) is 4.79 Å². The van der Waals surface area contributed by atoms with E-state index in [-0.39, 0.29) is 17.9 Å².